The molecule has 138 valence electrons. The van der Waals surface area contributed by atoms with Crippen LogP contribution in [0.2, 0.25) is 0 Å². The van der Waals surface area contributed by atoms with Gasteiger partial charge >= 0.3 is 5.97 Å². The van der Waals surface area contributed by atoms with Crippen LogP contribution in [-0.2, 0) is 22.6 Å². The number of likely N-dealkylation sites (N-methyl/N-ethyl adjacent to an activating group) is 1. The van der Waals surface area contributed by atoms with Crippen molar-refractivity contribution in [2.45, 2.75) is 18.0 Å². The summed E-state index contributed by atoms with van der Waals surface area (Å²) in [5, 5.41) is 2.90. The van der Waals surface area contributed by atoms with Gasteiger partial charge in [-0.3, -0.25) is 9.69 Å². The van der Waals surface area contributed by atoms with Crippen molar-refractivity contribution >= 4 is 23.6 Å². The number of benzene rings is 2. The third-order valence-electron chi connectivity index (χ3n) is 3.89. The largest absolute Gasteiger partial charge is 0.465 e. The predicted molar refractivity (Wildman–Crippen MR) is 104 cm³/mol. The SMILES string of the molecule is COC(=O)c1ccc(CNC(=O)CN(C)Cc2ccc(SC)cc2)cc1. The van der Waals surface area contributed by atoms with Gasteiger partial charge in [0, 0.05) is 18.0 Å². The first kappa shape index (κ1) is 20.0. The fraction of sp³-hybridized carbons (Fsp3) is 0.300. The minimum Gasteiger partial charge on any atom is -0.465 e. The van der Waals surface area contributed by atoms with Crippen LogP contribution in [0.5, 0.6) is 0 Å². The summed E-state index contributed by atoms with van der Waals surface area (Å²) in [4.78, 5) is 26.7. The van der Waals surface area contributed by atoms with Crippen molar-refractivity contribution in [2.75, 3.05) is 27.0 Å². The molecular weight excluding hydrogens is 348 g/mol. The number of hydrogen-bond acceptors (Lipinski definition) is 5. The minimum absolute atomic E-state index is 0.0368. The van der Waals surface area contributed by atoms with E-state index in [0.29, 0.717) is 18.7 Å². The Morgan fingerprint density at radius 2 is 1.65 bits per heavy atom. The molecule has 0 bridgehead atoms. The summed E-state index contributed by atoms with van der Waals surface area (Å²) in [5.74, 6) is -0.405. The van der Waals surface area contributed by atoms with Crippen LogP contribution in [0, 0.1) is 0 Å². The second kappa shape index (κ2) is 9.99. The van der Waals surface area contributed by atoms with Crippen LogP contribution >= 0.6 is 11.8 Å². The summed E-state index contributed by atoms with van der Waals surface area (Å²) >= 11 is 1.71. The number of carbonyl (C=O) groups excluding carboxylic acids is 2. The maximum Gasteiger partial charge on any atom is 0.337 e. The Morgan fingerprint density at radius 1 is 1.04 bits per heavy atom. The molecule has 2 rings (SSSR count). The minimum atomic E-state index is -0.368. The van der Waals surface area contributed by atoms with Crippen molar-refractivity contribution in [3.05, 3.63) is 65.2 Å². The number of rotatable bonds is 8. The van der Waals surface area contributed by atoms with E-state index in [1.807, 2.05) is 24.1 Å². The summed E-state index contributed by atoms with van der Waals surface area (Å²) < 4.78 is 4.66. The van der Waals surface area contributed by atoms with Gasteiger partial charge in [-0.1, -0.05) is 24.3 Å². The first-order valence-corrected chi connectivity index (χ1v) is 9.49. The van der Waals surface area contributed by atoms with Crippen molar-refractivity contribution in [3.8, 4) is 0 Å². The maximum atomic E-state index is 12.1. The molecule has 5 nitrogen and oxygen atoms in total. The summed E-state index contributed by atoms with van der Waals surface area (Å²) in [5.41, 5.74) is 2.60. The fourth-order valence-electron chi connectivity index (χ4n) is 2.48. The zero-order valence-electron chi connectivity index (χ0n) is 15.3. The molecule has 0 radical (unpaired) electrons. The van der Waals surface area contributed by atoms with E-state index in [2.05, 4.69) is 40.6 Å². The van der Waals surface area contributed by atoms with E-state index in [9.17, 15) is 9.59 Å². The molecule has 6 heteroatoms. The molecule has 0 aliphatic carbocycles. The summed E-state index contributed by atoms with van der Waals surface area (Å²) in [6.07, 6.45) is 2.05. The number of hydrogen-bond donors (Lipinski definition) is 1. The Balaban J connectivity index is 1.77. The Kier molecular flexibility index (Phi) is 7.69. The highest BCUT2D eigenvalue weighted by Crippen LogP contribution is 2.15. The van der Waals surface area contributed by atoms with Gasteiger partial charge in [0.15, 0.2) is 0 Å². The smallest absolute Gasteiger partial charge is 0.337 e. The summed E-state index contributed by atoms with van der Waals surface area (Å²) in [6, 6.07) is 15.4. The Morgan fingerprint density at radius 3 is 2.23 bits per heavy atom. The molecule has 0 aliphatic rings. The average Bonchev–Trinajstić information content (AvgIpc) is 2.66. The van der Waals surface area contributed by atoms with Crippen LogP contribution in [0.4, 0.5) is 0 Å². The zero-order chi connectivity index (χ0) is 18.9. The average molecular weight is 372 g/mol. The molecule has 0 spiro atoms. The molecule has 26 heavy (non-hydrogen) atoms. The van der Waals surface area contributed by atoms with Gasteiger partial charge in [0.25, 0.3) is 0 Å². The van der Waals surface area contributed by atoms with E-state index in [0.717, 1.165) is 12.1 Å². The predicted octanol–water partition coefficient (Wildman–Crippen LogP) is 2.94. The number of carbonyl (C=O) groups is 2. The molecule has 0 saturated carbocycles. The Hall–Kier alpha value is -2.31. The number of methoxy groups -OCH3 is 1. The monoisotopic (exact) mass is 372 g/mol. The van der Waals surface area contributed by atoms with E-state index >= 15 is 0 Å². The standard InChI is InChI=1S/C20H24N2O3S/c1-22(13-16-6-10-18(26-3)11-7-16)14-19(23)21-12-15-4-8-17(9-5-15)20(24)25-2/h4-11H,12-14H2,1-3H3,(H,21,23). The molecule has 0 heterocycles. The molecule has 0 aromatic heterocycles. The van der Waals surface area contributed by atoms with E-state index in [-0.39, 0.29) is 11.9 Å². The molecule has 0 atom stereocenters. The number of nitrogens with one attached hydrogen (secondary N) is 1. The van der Waals surface area contributed by atoms with E-state index in [1.54, 1.807) is 23.9 Å². The lowest BCUT2D eigenvalue weighted by molar-refractivity contribution is -0.122. The van der Waals surface area contributed by atoms with Crippen molar-refractivity contribution < 1.29 is 14.3 Å². The highest BCUT2D eigenvalue weighted by molar-refractivity contribution is 7.98. The topological polar surface area (TPSA) is 58.6 Å². The lowest BCUT2D eigenvalue weighted by atomic mass is 10.1. The van der Waals surface area contributed by atoms with Crippen LogP contribution in [0.3, 0.4) is 0 Å². The van der Waals surface area contributed by atoms with Crippen LogP contribution in [-0.4, -0.2) is 43.7 Å². The van der Waals surface area contributed by atoms with Crippen molar-refractivity contribution in [1.29, 1.82) is 0 Å². The molecule has 0 aliphatic heterocycles. The van der Waals surface area contributed by atoms with Gasteiger partial charge in [-0.15, -0.1) is 11.8 Å². The summed E-state index contributed by atoms with van der Waals surface area (Å²) in [7, 11) is 3.28. The quantitative estimate of drug-likeness (QED) is 0.570. The van der Waals surface area contributed by atoms with Crippen LogP contribution < -0.4 is 5.32 Å². The molecule has 0 fully saturated rings. The third kappa shape index (κ3) is 6.20. The molecule has 2 aromatic rings. The Labute approximate surface area is 158 Å². The summed E-state index contributed by atoms with van der Waals surface area (Å²) in [6.45, 7) is 1.47. The number of nitrogens with zero attached hydrogens (tertiary/aromatic N) is 1. The van der Waals surface area contributed by atoms with Gasteiger partial charge in [0.05, 0.1) is 19.2 Å². The Bertz CT molecular complexity index is 730. The molecular formula is C20H24N2O3S. The molecule has 0 saturated heterocycles. The first-order chi connectivity index (χ1) is 12.5. The van der Waals surface area contributed by atoms with Crippen molar-refractivity contribution in [2.24, 2.45) is 0 Å². The normalized spacial score (nSPS) is 10.6. The lowest BCUT2D eigenvalue weighted by Crippen LogP contribution is -2.34. The van der Waals surface area contributed by atoms with E-state index < -0.39 is 0 Å². The van der Waals surface area contributed by atoms with E-state index in [1.165, 1.54) is 17.6 Å². The van der Waals surface area contributed by atoms with Gasteiger partial charge in [0.1, 0.15) is 0 Å². The van der Waals surface area contributed by atoms with Gasteiger partial charge in [-0.2, -0.15) is 0 Å². The zero-order valence-corrected chi connectivity index (χ0v) is 16.1. The number of thioether (sulfide) groups is 1. The van der Waals surface area contributed by atoms with Crippen molar-refractivity contribution in [1.82, 2.24) is 10.2 Å². The number of ether oxygens (including phenoxy) is 1. The number of esters is 1. The van der Waals surface area contributed by atoms with Crippen LogP contribution in [0.15, 0.2) is 53.4 Å². The second-order valence-corrected chi connectivity index (χ2v) is 6.87. The third-order valence-corrected chi connectivity index (χ3v) is 4.63. The lowest BCUT2D eigenvalue weighted by Gasteiger charge is -2.16. The van der Waals surface area contributed by atoms with Gasteiger partial charge in [0.2, 0.25) is 5.91 Å². The molecule has 2 aromatic carbocycles. The van der Waals surface area contributed by atoms with Crippen LogP contribution in [0.25, 0.3) is 0 Å². The fourth-order valence-corrected chi connectivity index (χ4v) is 2.89. The highest BCUT2D eigenvalue weighted by Gasteiger charge is 2.08. The van der Waals surface area contributed by atoms with Gasteiger partial charge < -0.3 is 10.1 Å². The second-order valence-electron chi connectivity index (χ2n) is 5.99. The highest BCUT2D eigenvalue weighted by atomic mass is 32.2. The number of amides is 1. The van der Waals surface area contributed by atoms with E-state index in [4.69, 9.17) is 0 Å². The first-order valence-electron chi connectivity index (χ1n) is 8.27. The van der Waals surface area contributed by atoms with Gasteiger partial charge in [-0.05, 0) is 48.7 Å². The molecule has 0 unspecified atom stereocenters. The molecule has 1 N–H and O–H groups in total. The van der Waals surface area contributed by atoms with Crippen molar-refractivity contribution in [3.63, 3.8) is 0 Å². The van der Waals surface area contributed by atoms with Crippen LogP contribution in [0.1, 0.15) is 21.5 Å². The maximum absolute atomic E-state index is 12.1. The van der Waals surface area contributed by atoms with Gasteiger partial charge in [-0.25, -0.2) is 4.79 Å². The molecule has 1 amide bonds.